The summed E-state index contributed by atoms with van der Waals surface area (Å²) >= 11 is 0.979. The van der Waals surface area contributed by atoms with E-state index < -0.39 is 0 Å². The smallest absolute Gasteiger partial charge is 0.295 e. The molecule has 1 N–H and O–H groups in total. The molecule has 5 heteroatoms. The Bertz CT molecular complexity index is 772. The van der Waals surface area contributed by atoms with E-state index in [1.807, 2.05) is 61.5 Å². The fraction of sp³-hybridized carbons (Fsp3) is 0.111. The monoisotopic (exact) mass is 324 g/mol. The van der Waals surface area contributed by atoms with Crippen LogP contribution in [0.4, 0.5) is 10.5 Å². The minimum absolute atomic E-state index is 0.166. The van der Waals surface area contributed by atoms with Gasteiger partial charge in [-0.15, -0.1) is 0 Å². The summed E-state index contributed by atoms with van der Waals surface area (Å²) in [6.07, 6.45) is 1.78. The molecule has 23 heavy (non-hydrogen) atoms. The summed E-state index contributed by atoms with van der Waals surface area (Å²) < 4.78 is 0. The van der Waals surface area contributed by atoms with Crippen LogP contribution in [0.25, 0.3) is 6.08 Å². The minimum Gasteiger partial charge on any atom is -0.367 e. The number of carbonyl (C=O) groups is 2. The lowest BCUT2D eigenvalue weighted by Gasteiger charge is -2.14. The number of hydrogen-bond donors (Lipinski definition) is 1. The summed E-state index contributed by atoms with van der Waals surface area (Å²) in [5, 5.41) is 2.84. The van der Waals surface area contributed by atoms with Crippen molar-refractivity contribution in [1.82, 2.24) is 4.90 Å². The molecule has 0 aliphatic carbocycles. The molecule has 0 aromatic heterocycles. The average Bonchev–Trinajstić information content (AvgIpc) is 2.82. The lowest BCUT2D eigenvalue weighted by Crippen LogP contribution is -2.33. The third kappa shape index (κ3) is 3.46. The van der Waals surface area contributed by atoms with E-state index in [-0.39, 0.29) is 17.8 Å². The Labute approximate surface area is 139 Å². The Morgan fingerprint density at radius 3 is 2.48 bits per heavy atom. The average molecular weight is 324 g/mol. The van der Waals surface area contributed by atoms with Crippen LogP contribution in [0.5, 0.6) is 0 Å². The van der Waals surface area contributed by atoms with Crippen LogP contribution in [-0.2, 0) is 4.79 Å². The van der Waals surface area contributed by atoms with Gasteiger partial charge in [-0.05, 0) is 48.0 Å². The largest absolute Gasteiger partial charge is 0.367 e. The first-order valence-electron chi connectivity index (χ1n) is 7.25. The Hall–Kier alpha value is -2.53. The highest BCUT2D eigenvalue weighted by Gasteiger charge is 2.34. The third-order valence-electron chi connectivity index (χ3n) is 3.56. The molecule has 0 spiro atoms. The van der Waals surface area contributed by atoms with E-state index in [4.69, 9.17) is 0 Å². The molecule has 0 atom stereocenters. The van der Waals surface area contributed by atoms with Crippen LogP contribution in [0.3, 0.4) is 0 Å². The molecule has 1 heterocycles. The summed E-state index contributed by atoms with van der Waals surface area (Å²) in [6.45, 7) is 2.15. The predicted octanol–water partition coefficient (Wildman–Crippen LogP) is 4.10. The van der Waals surface area contributed by atoms with Crippen LogP contribution in [0.15, 0.2) is 59.5 Å². The van der Waals surface area contributed by atoms with Crippen LogP contribution in [-0.4, -0.2) is 22.7 Å². The van der Waals surface area contributed by atoms with E-state index in [1.165, 1.54) is 4.90 Å². The van der Waals surface area contributed by atoms with Crippen molar-refractivity contribution in [3.05, 3.63) is 70.6 Å². The Morgan fingerprint density at radius 1 is 1.04 bits per heavy atom. The van der Waals surface area contributed by atoms with Crippen LogP contribution < -0.4 is 5.32 Å². The molecule has 0 bridgehead atoms. The number of nitrogens with one attached hydrogen (secondary N) is 1. The van der Waals surface area contributed by atoms with Gasteiger partial charge in [0.15, 0.2) is 0 Å². The zero-order chi connectivity index (χ0) is 16.2. The highest BCUT2D eigenvalue weighted by molar-refractivity contribution is 8.18. The molecule has 0 radical (unpaired) electrons. The lowest BCUT2D eigenvalue weighted by atomic mass is 10.1. The number of amides is 2. The first-order valence-corrected chi connectivity index (χ1v) is 8.07. The fourth-order valence-electron chi connectivity index (χ4n) is 2.25. The van der Waals surface area contributed by atoms with E-state index in [1.54, 1.807) is 6.08 Å². The highest BCUT2D eigenvalue weighted by atomic mass is 32.2. The van der Waals surface area contributed by atoms with Crippen molar-refractivity contribution in [3.63, 3.8) is 0 Å². The van der Waals surface area contributed by atoms with Crippen molar-refractivity contribution in [3.8, 4) is 0 Å². The van der Waals surface area contributed by atoms with E-state index in [0.29, 0.717) is 4.91 Å². The summed E-state index contributed by atoms with van der Waals surface area (Å²) in [6, 6.07) is 17.3. The molecular formula is C18H16N2O2S. The molecule has 1 aliphatic rings. The minimum atomic E-state index is -0.258. The van der Waals surface area contributed by atoms with E-state index in [9.17, 15) is 9.59 Å². The molecule has 0 unspecified atom stereocenters. The van der Waals surface area contributed by atoms with Crippen molar-refractivity contribution in [2.45, 2.75) is 6.92 Å². The van der Waals surface area contributed by atoms with Crippen molar-refractivity contribution >= 4 is 34.7 Å². The van der Waals surface area contributed by atoms with Crippen LogP contribution in [0.1, 0.15) is 11.1 Å². The normalized spacial score (nSPS) is 16.2. The van der Waals surface area contributed by atoms with Crippen LogP contribution in [0.2, 0.25) is 0 Å². The van der Waals surface area contributed by atoms with Crippen molar-refractivity contribution < 1.29 is 9.59 Å². The third-order valence-corrected chi connectivity index (χ3v) is 4.47. The maximum Gasteiger partial charge on any atom is 0.295 e. The van der Waals surface area contributed by atoms with Gasteiger partial charge in [0, 0.05) is 5.69 Å². The van der Waals surface area contributed by atoms with Gasteiger partial charge in [0.25, 0.3) is 11.1 Å². The number of para-hydroxylation sites is 1. The van der Waals surface area contributed by atoms with Crippen molar-refractivity contribution in [1.29, 1.82) is 0 Å². The number of thioether (sulfide) groups is 1. The highest BCUT2D eigenvalue weighted by Crippen LogP contribution is 2.32. The van der Waals surface area contributed by atoms with Gasteiger partial charge in [-0.3, -0.25) is 14.5 Å². The molecule has 116 valence electrons. The first-order chi connectivity index (χ1) is 11.1. The van der Waals surface area contributed by atoms with Gasteiger partial charge >= 0.3 is 0 Å². The van der Waals surface area contributed by atoms with Crippen LogP contribution in [0, 0.1) is 6.92 Å². The fourth-order valence-corrected chi connectivity index (χ4v) is 3.08. The SMILES string of the molecule is Cc1ccccc1C=C1SC(=O)N(CNc2ccccc2)C1=O. The number of anilines is 1. The van der Waals surface area contributed by atoms with Crippen molar-refractivity contribution in [2.75, 3.05) is 12.0 Å². The maximum atomic E-state index is 12.4. The van der Waals surface area contributed by atoms with Gasteiger partial charge in [0.1, 0.15) is 0 Å². The predicted molar refractivity (Wildman–Crippen MR) is 93.9 cm³/mol. The maximum absolute atomic E-state index is 12.4. The zero-order valence-corrected chi connectivity index (χ0v) is 13.5. The van der Waals surface area contributed by atoms with E-state index in [0.717, 1.165) is 28.6 Å². The molecule has 2 aromatic rings. The lowest BCUT2D eigenvalue weighted by molar-refractivity contribution is -0.122. The van der Waals surface area contributed by atoms with Gasteiger partial charge in [-0.25, -0.2) is 0 Å². The van der Waals surface area contributed by atoms with Gasteiger partial charge in [0.05, 0.1) is 11.6 Å². The number of rotatable bonds is 4. The quantitative estimate of drug-likeness (QED) is 0.860. The van der Waals surface area contributed by atoms with E-state index in [2.05, 4.69) is 5.32 Å². The summed E-state index contributed by atoms with van der Waals surface area (Å²) in [4.78, 5) is 26.2. The summed E-state index contributed by atoms with van der Waals surface area (Å²) in [5.41, 5.74) is 2.89. The molecular weight excluding hydrogens is 308 g/mol. The number of aryl methyl sites for hydroxylation is 1. The standard InChI is InChI=1S/C18H16N2O2S/c1-13-7-5-6-8-14(13)11-16-17(21)20(18(22)23-16)12-19-15-9-3-2-4-10-15/h2-11,19H,12H2,1H3. The molecule has 1 saturated heterocycles. The van der Waals surface area contributed by atoms with Gasteiger partial charge < -0.3 is 5.32 Å². The molecule has 1 fully saturated rings. The summed E-state index contributed by atoms with van der Waals surface area (Å²) in [5.74, 6) is -0.258. The molecule has 0 saturated carbocycles. The molecule has 1 aliphatic heterocycles. The Kier molecular flexibility index (Phi) is 4.48. The first kappa shape index (κ1) is 15.4. The topological polar surface area (TPSA) is 49.4 Å². The molecule has 2 amide bonds. The number of nitrogens with zero attached hydrogens (tertiary/aromatic N) is 1. The molecule has 3 rings (SSSR count). The van der Waals surface area contributed by atoms with Crippen LogP contribution >= 0.6 is 11.8 Å². The number of imide groups is 1. The van der Waals surface area contributed by atoms with Gasteiger partial charge in [0.2, 0.25) is 0 Å². The molecule has 4 nitrogen and oxygen atoms in total. The van der Waals surface area contributed by atoms with E-state index >= 15 is 0 Å². The Morgan fingerprint density at radius 2 is 1.74 bits per heavy atom. The van der Waals surface area contributed by atoms with Gasteiger partial charge in [-0.2, -0.15) is 0 Å². The van der Waals surface area contributed by atoms with Gasteiger partial charge in [-0.1, -0.05) is 42.5 Å². The second-order valence-corrected chi connectivity index (χ2v) is 6.16. The summed E-state index contributed by atoms with van der Waals surface area (Å²) in [7, 11) is 0. The number of hydrogen-bond acceptors (Lipinski definition) is 4. The number of benzene rings is 2. The van der Waals surface area contributed by atoms with Crippen molar-refractivity contribution in [2.24, 2.45) is 0 Å². The zero-order valence-electron chi connectivity index (χ0n) is 12.7. The Balaban J connectivity index is 1.74. The molecule has 2 aromatic carbocycles. The number of carbonyl (C=O) groups excluding carboxylic acids is 2. The second-order valence-electron chi connectivity index (χ2n) is 5.17. The second kappa shape index (κ2) is 6.71.